The molecule has 4 heteroatoms. The second-order valence-electron chi connectivity index (χ2n) is 5.00. The standard InChI is InChI=1S/C17H19NO3/c1-12-7-8-16(20)15(10-12)17(21)18-14-6-2-4-13(11-14)5-3-9-19/h2,4,6-8,10-11,19-20H,3,5,9H2,1H3,(H,18,21). The number of aliphatic hydroxyl groups excluding tert-OH is 1. The van der Waals surface area contributed by atoms with Gasteiger partial charge in [-0.15, -0.1) is 0 Å². The van der Waals surface area contributed by atoms with E-state index in [9.17, 15) is 9.90 Å². The van der Waals surface area contributed by atoms with Crippen LogP contribution in [0.5, 0.6) is 5.75 Å². The van der Waals surface area contributed by atoms with Crippen LogP contribution in [0.3, 0.4) is 0 Å². The van der Waals surface area contributed by atoms with E-state index >= 15 is 0 Å². The minimum atomic E-state index is -0.337. The van der Waals surface area contributed by atoms with Gasteiger partial charge in [-0.1, -0.05) is 23.8 Å². The summed E-state index contributed by atoms with van der Waals surface area (Å²) in [4.78, 5) is 12.2. The molecule has 0 unspecified atom stereocenters. The van der Waals surface area contributed by atoms with Gasteiger partial charge in [-0.3, -0.25) is 4.79 Å². The van der Waals surface area contributed by atoms with Crippen molar-refractivity contribution < 1.29 is 15.0 Å². The summed E-state index contributed by atoms with van der Waals surface area (Å²) in [6.45, 7) is 2.01. The molecule has 1 amide bonds. The highest BCUT2D eigenvalue weighted by atomic mass is 16.3. The summed E-state index contributed by atoms with van der Waals surface area (Å²) < 4.78 is 0. The SMILES string of the molecule is Cc1ccc(O)c(C(=O)Nc2cccc(CCCO)c2)c1. The molecule has 2 aromatic carbocycles. The zero-order valence-electron chi connectivity index (χ0n) is 12.0. The van der Waals surface area contributed by atoms with Crippen LogP contribution in [0.1, 0.15) is 27.9 Å². The van der Waals surface area contributed by atoms with Crippen LogP contribution < -0.4 is 5.32 Å². The lowest BCUT2D eigenvalue weighted by atomic mass is 10.1. The minimum Gasteiger partial charge on any atom is -0.507 e. The van der Waals surface area contributed by atoms with Crippen LogP contribution in [-0.4, -0.2) is 22.7 Å². The molecular weight excluding hydrogens is 266 g/mol. The second kappa shape index (κ2) is 6.90. The zero-order valence-corrected chi connectivity index (χ0v) is 12.0. The first-order valence-electron chi connectivity index (χ1n) is 6.91. The Labute approximate surface area is 124 Å². The third kappa shape index (κ3) is 4.07. The highest BCUT2D eigenvalue weighted by molar-refractivity contribution is 6.06. The molecule has 0 aliphatic rings. The normalized spacial score (nSPS) is 10.4. The average molecular weight is 285 g/mol. The molecule has 3 N–H and O–H groups in total. The molecule has 0 spiro atoms. The molecule has 0 bridgehead atoms. The van der Waals surface area contributed by atoms with E-state index in [-0.39, 0.29) is 23.8 Å². The van der Waals surface area contributed by atoms with Gasteiger partial charge in [0.2, 0.25) is 0 Å². The molecular formula is C17H19NO3. The Morgan fingerprint density at radius 1 is 1.19 bits per heavy atom. The van der Waals surface area contributed by atoms with Crippen molar-refractivity contribution in [3.8, 4) is 5.75 Å². The van der Waals surface area contributed by atoms with Crippen molar-refractivity contribution in [2.24, 2.45) is 0 Å². The van der Waals surface area contributed by atoms with Gasteiger partial charge in [-0.2, -0.15) is 0 Å². The maximum absolute atomic E-state index is 12.2. The summed E-state index contributed by atoms with van der Waals surface area (Å²) in [5.41, 5.74) is 2.90. The number of hydrogen-bond donors (Lipinski definition) is 3. The first-order valence-corrected chi connectivity index (χ1v) is 6.91. The van der Waals surface area contributed by atoms with Gasteiger partial charge in [0, 0.05) is 12.3 Å². The molecule has 0 radical (unpaired) electrons. The van der Waals surface area contributed by atoms with Crippen LogP contribution >= 0.6 is 0 Å². The smallest absolute Gasteiger partial charge is 0.259 e. The predicted molar refractivity (Wildman–Crippen MR) is 82.6 cm³/mol. The molecule has 2 aromatic rings. The largest absolute Gasteiger partial charge is 0.507 e. The molecule has 4 nitrogen and oxygen atoms in total. The van der Waals surface area contributed by atoms with Crippen molar-refractivity contribution in [2.45, 2.75) is 19.8 Å². The Morgan fingerprint density at radius 3 is 2.76 bits per heavy atom. The van der Waals surface area contributed by atoms with E-state index in [2.05, 4.69) is 5.32 Å². The van der Waals surface area contributed by atoms with Gasteiger partial charge in [-0.05, 0) is 49.6 Å². The molecule has 0 heterocycles. The number of nitrogens with one attached hydrogen (secondary N) is 1. The number of rotatable bonds is 5. The van der Waals surface area contributed by atoms with E-state index in [0.29, 0.717) is 12.1 Å². The topological polar surface area (TPSA) is 69.6 Å². The van der Waals surface area contributed by atoms with Crippen LogP contribution in [0, 0.1) is 6.92 Å². The summed E-state index contributed by atoms with van der Waals surface area (Å²) in [6, 6.07) is 12.4. The highest BCUT2D eigenvalue weighted by Gasteiger charge is 2.11. The van der Waals surface area contributed by atoms with E-state index in [1.54, 1.807) is 18.2 Å². The van der Waals surface area contributed by atoms with E-state index in [1.807, 2.05) is 25.1 Å². The van der Waals surface area contributed by atoms with Crippen molar-refractivity contribution in [1.29, 1.82) is 0 Å². The summed E-state index contributed by atoms with van der Waals surface area (Å²) in [7, 11) is 0. The first-order chi connectivity index (χ1) is 10.1. The fraction of sp³-hybridized carbons (Fsp3) is 0.235. The maximum Gasteiger partial charge on any atom is 0.259 e. The van der Waals surface area contributed by atoms with E-state index in [4.69, 9.17) is 5.11 Å². The highest BCUT2D eigenvalue weighted by Crippen LogP contribution is 2.20. The number of hydrogen-bond acceptors (Lipinski definition) is 3. The Hall–Kier alpha value is -2.33. The third-order valence-electron chi connectivity index (χ3n) is 3.21. The lowest BCUT2D eigenvalue weighted by Gasteiger charge is -2.09. The fourth-order valence-corrected chi connectivity index (χ4v) is 2.12. The van der Waals surface area contributed by atoms with E-state index in [1.165, 1.54) is 6.07 Å². The quantitative estimate of drug-likeness (QED) is 0.791. The molecule has 0 saturated heterocycles. The van der Waals surface area contributed by atoms with Crippen molar-refractivity contribution in [2.75, 3.05) is 11.9 Å². The van der Waals surface area contributed by atoms with Crippen molar-refractivity contribution >= 4 is 11.6 Å². The maximum atomic E-state index is 12.2. The molecule has 0 fully saturated rings. The Kier molecular flexibility index (Phi) is 4.95. The zero-order chi connectivity index (χ0) is 15.2. The molecule has 110 valence electrons. The van der Waals surface area contributed by atoms with Gasteiger partial charge in [0.05, 0.1) is 5.56 Å². The monoisotopic (exact) mass is 285 g/mol. The van der Waals surface area contributed by atoms with Gasteiger partial charge in [0.25, 0.3) is 5.91 Å². The van der Waals surface area contributed by atoms with Gasteiger partial charge in [0.1, 0.15) is 5.75 Å². The van der Waals surface area contributed by atoms with Gasteiger partial charge in [0.15, 0.2) is 0 Å². The summed E-state index contributed by atoms with van der Waals surface area (Å²) in [5.74, 6) is -0.370. The van der Waals surface area contributed by atoms with Gasteiger partial charge < -0.3 is 15.5 Å². The molecule has 21 heavy (non-hydrogen) atoms. The number of carbonyl (C=O) groups excluding carboxylic acids is 1. The van der Waals surface area contributed by atoms with Crippen molar-refractivity contribution in [1.82, 2.24) is 0 Å². The molecule has 0 aliphatic heterocycles. The Bertz CT molecular complexity index is 638. The molecule has 0 aromatic heterocycles. The summed E-state index contributed by atoms with van der Waals surface area (Å²) in [6.07, 6.45) is 1.45. The first kappa shape index (κ1) is 15.1. The second-order valence-corrected chi connectivity index (χ2v) is 5.00. The van der Waals surface area contributed by atoms with E-state index < -0.39 is 0 Å². The van der Waals surface area contributed by atoms with Gasteiger partial charge in [-0.25, -0.2) is 0 Å². The Balaban J connectivity index is 2.14. The summed E-state index contributed by atoms with van der Waals surface area (Å²) in [5, 5.41) is 21.4. The van der Waals surface area contributed by atoms with Crippen molar-refractivity contribution in [3.05, 3.63) is 59.2 Å². The van der Waals surface area contributed by atoms with Gasteiger partial charge >= 0.3 is 0 Å². The van der Waals surface area contributed by atoms with Crippen LogP contribution in [0.25, 0.3) is 0 Å². The number of carbonyl (C=O) groups is 1. The van der Waals surface area contributed by atoms with Crippen LogP contribution in [0.4, 0.5) is 5.69 Å². The molecule has 0 aliphatic carbocycles. The molecule has 2 rings (SSSR count). The molecule has 0 saturated carbocycles. The van der Waals surface area contributed by atoms with Crippen LogP contribution in [0.2, 0.25) is 0 Å². The van der Waals surface area contributed by atoms with E-state index in [0.717, 1.165) is 17.5 Å². The van der Waals surface area contributed by atoms with Crippen LogP contribution in [-0.2, 0) is 6.42 Å². The minimum absolute atomic E-state index is 0.0328. The number of aliphatic hydroxyl groups is 1. The number of aromatic hydroxyl groups is 1. The number of amides is 1. The summed E-state index contributed by atoms with van der Waals surface area (Å²) >= 11 is 0. The number of anilines is 1. The average Bonchev–Trinajstić information content (AvgIpc) is 2.48. The predicted octanol–water partition coefficient (Wildman–Crippen LogP) is 2.88. The van der Waals surface area contributed by atoms with Crippen LogP contribution in [0.15, 0.2) is 42.5 Å². The fourth-order valence-electron chi connectivity index (χ4n) is 2.12. The lowest BCUT2D eigenvalue weighted by Crippen LogP contribution is -2.12. The number of aryl methyl sites for hydroxylation is 2. The molecule has 0 atom stereocenters. The lowest BCUT2D eigenvalue weighted by molar-refractivity contribution is 0.102. The number of phenols is 1. The number of benzene rings is 2. The Morgan fingerprint density at radius 2 is 2.00 bits per heavy atom. The van der Waals surface area contributed by atoms with Crippen molar-refractivity contribution in [3.63, 3.8) is 0 Å². The third-order valence-corrected chi connectivity index (χ3v) is 3.21. The number of phenolic OH excluding ortho intramolecular Hbond substituents is 1.